The number of carbonyl (C=O) groups is 2. The molecule has 1 aromatic heterocycles. The molecular weight excluding hydrogens is 536 g/mol. The zero-order chi connectivity index (χ0) is 29.0. The maximum absolute atomic E-state index is 13.9. The van der Waals surface area contributed by atoms with Gasteiger partial charge in [0.15, 0.2) is 16.3 Å². The summed E-state index contributed by atoms with van der Waals surface area (Å²) in [6.07, 6.45) is 1.72. The molecule has 210 valence electrons. The number of hydrogen-bond acceptors (Lipinski definition) is 10. The van der Waals surface area contributed by atoms with Crippen LogP contribution in [0.1, 0.15) is 44.9 Å². The van der Waals surface area contributed by atoms with E-state index in [9.17, 15) is 14.4 Å². The molecule has 0 amide bonds. The molecule has 2 heterocycles. The first-order valence-corrected chi connectivity index (χ1v) is 13.4. The van der Waals surface area contributed by atoms with Gasteiger partial charge in [0, 0.05) is 18.6 Å². The number of benzene rings is 2. The molecule has 0 fully saturated rings. The molecule has 0 saturated heterocycles. The molecule has 3 aromatic rings. The predicted molar refractivity (Wildman–Crippen MR) is 149 cm³/mol. The van der Waals surface area contributed by atoms with Crippen LogP contribution in [0.2, 0.25) is 0 Å². The summed E-state index contributed by atoms with van der Waals surface area (Å²) in [5.41, 5.74) is 1.55. The van der Waals surface area contributed by atoms with Gasteiger partial charge in [0.2, 0.25) is 0 Å². The number of thiazole rings is 1. The number of methoxy groups -OCH3 is 2. The lowest BCUT2D eigenvalue weighted by Crippen LogP contribution is -2.40. The van der Waals surface area contributed by atoms with Gasteiger partial charge in [-0.1, -0.05) is 17.4 Å². The Balaban J connectivity index is 1.96. The Morgan fingerprint density at radius 3 is 2.45 bits per heavy atom. The lowest BCUT2D eigenvalue weighted by Gasteiger charge is -2.25. The minimum atomic E-state index is -0.860. The molecule has 1 aliphatic rings. The molecular formula is C29H30N2O8S. The van der Waals surface area contributed by atoms with E-state index in [4.69, 9.17) is 23.7 Å². The molecule has 40 heavy (non-hydrogen) atoms. The Kier molecular flexibility index (Phi) is 8.73. The van der Waals surface area contributed by atoms with Crippen LogP contribution >= 0.6 is 11.3 Å². The van der Waals surface area contributed by atoms with Gasteiger partial charge in [-0.2, -0.15) is 0 Å². The van der Waals surface area contributed by atoms with E-state index in [1.165, 1.54) is 29.9 Å². The van der Waals surface area contributed by atoms with Gasteiger partial charge in [0.1, 0.15) is 11.5 Å². The van der Waals surface area contributed by atoms with Crippen molar-refractivity contribution in [1.29, 1.82) is 0 Å². The summed E-state index contributed by atoms with van der Waals surface area (Å²) < 4.78 is 29.0. The molecule has 1 atom stereocenters. The van der Waals surface area contributed by atoms with Crippen LogP contribution in [-0.4, -0.2) is 43.9 Å². The van der Waals surface area contributed by atoms with Crippen LogP contribution in [0.3, 0.4) is 0 Å². The number of esters is 2. The van der Waals surface area contributed by atoms with Crippen LogP contribution in [0.25, 0.3) is 6.08 Å². The van der Waals surface area contributed by atoms with Crippen LogP contribution < -0.4 is 33.8 Å². The van der Waals surface area contributed by atoms with Gasteiger partial charge in [-0.15, -0.1) is 0 Å². The van der Waals surface area contributed by atoms with Crippen molar-refractivity contribution in [3.05, 3.63) is 78.5 Å². The van der Waals surface area contributed by atoms with E-state index in [-0.39, 0.29) is 23.5 Å². The average Bonchev–Trinajstić information content (AvgIpc) is 3.23. The SMILES string of the molecule is CCOC(=O)C1=C(C)N=c2s/c(=C/c3ccc(OC)cc3OC)c(=O)n2[C@@H]1c1ccc(OC(C)=O)c(OCC)c1. The molecule has 0 spiro atoms. The second kappa shape index (κ2) is 12.2. The summed E-state index contributed by atoms with van der Waals surface area (Å²) in [6.45, 7) is 6.98. The van der Waals surface area contributed by atoms with Crippen molar-refractivity contribution >= 4 is 29.4 Å². The Labute approximate surface area is 234 Å². The molecule has 0 aliphatic carbocycles. The Hall–Kier alpha value is -4.38. The molecule has 10 nitrogen and oxygen atoms in total. The number of fused-ring (bicyclic) bond motifs is 1. The Bertz CT molecular complexity index is 1670. The molecule has 1 aliphatic heterocycles. The van der Waals surface area contributed by atoms with Crippen LogP contribution in [0.4, 0.5) is 0 Å². The summed E-state index contributed by atoms with van der Waals surface area (Å²) in [6, 6.07) is 9.37. The normalized spacial score (nSPS) is 14.8. The molecule has 4 rings (SSSR count). The number of rotatable bonds is 9. The van der Waals surface area contributed by atoms with Crippen molar-refractivity contribution in [2.45, 2.75) is 33.7 Å². The summed E-state index contributed by atoms with van der Waals surface area (Å²) in [5, 5.41) is 0. The maximum atomic E-state index is 13.9. The van der Waals surface area contributed by atoms with Crippen molar-refractivity contribution in [3.63, 3.8) is 0 Å². The second-order valence-corrected chi connectivity index (χ2v) is 9.65. The highest BCUT2D eigenvalue weighted by Gasteiger charge is 2.34. The van der Waals surface area contributed by atoms with E-state index in [1.54, 1.807) is 70.4 Å². The molecule has 11 heteroatoms. The smallest absolute Gasteiger partial charge is 0.338 e. The Morgan fingerprint density at radius 1 is 1.02 bits per heavy atom. The van der Waals surface area contributed by atoms with Crippen LogP contribution in [0, 0.1) is 0 Å². The van der Waals surface area contributed by atoms with Gasteiger partial charge in [0.05, 0.1) is 49.3 Å². The van der Waals surface area contributed by atoms with Crippen molar-refractivity contribution in [1.82, 2.24) is 4.57 Å². The highest BCUT2D eigenvalue weighted by Crippen LogP contribution is 2.36. The van der Waals surface area contributed by atoms with Gasteiger partial charge < -0.3 is 23.7 Å². The lowest BCUT2D eigenvalue weighted by molar-refractivity contribution is -0.139. The topological polar surface area (TPSA) is 115 Å². The number of hydrogen-bond donors (Lipinski definition) is 0. The van der Waals surface area contributed by atoms with Crippen molar-refractivity contribution in [3.8, 4) is 23.0 Å². The maximum Gasteiger partial charge on any atom is 0.338 e. The van der Waals surface area contributed by atoms with E-state index < -0.39 is 18.0 Å². The van der Waals surface area contributed by atoms with Gasteiger partial charge in [-0.3, -0.25) is 14.2 Å². The van der Waals surface area contributed by atoms with E-state index in [0.29, 0.717) is 50.0 Å². The number of ether oxygens (including phenoxy) is 5. The first kappa shape index (κ1) is 28.6. The Morgan fingerprint density at radius 2 is 1.80 bits per heavy atom. The molecule has 0 radical (unpaired) electrons. The molecule has 0 bridgehead atoms. The zero-order valence-corrected chi connectivity index (χ0v) is 23.9. The van der Waals surface area contributed by atoms with Crippen molar-refractivity contribution in [2.75, 3.05) is 27.4 Å². The summed E-state index contributed by atoms with van der Waals surface area (Å²) >= 11 is 1.20. The molecule has 2 aromatic carbocycles. The number of aromatic nitrogens is 1. The zero-order valence-electron chi connectivity index (χ0n) is 23.1. The first-order chi connectivity index (χ1) is 19.2. The van der Waals surface area contributed by atoms with Crippen molar-refractivity contribution in [2.24, 2.45) is 4.99 Å². The summed E-state index contributed by atoms with van der Waals surface area (Å²) in [7, 11) is 3.10. The highest BCUT2D eigenvalue weighted by molar-refractivity contribution is 7.07. The third kappa shape index (κ3) is 5.64. The number of nitrogens with zero attached hydrogens (tertiary/aromatic N) is 2. The predicted octanol–water partition coefficient (Wildman–Crippen LogP) is 3.14. The average molecular weight is 567 g/mol. The quantitative estimate of drug-likeness (QED) is 0.287. The number of allylic oxidation sites excluding steroid dienone is 1. The second-order valence-electron chi connectivity index (χ2n) is 8.64. The third-order valence-electron chi connectivity index (χ3n) is 6.08. The minimum absolute atomic E-state index is 0.152. The van der Waals surface area contributed by atoms with Gasteiger partial charge >= 0.3 is 11.9 Å². The van der Waals surface area contributed by atoms with Crippen LogP contribution in [0.5, 0.6) is 23.0 Å². The minimum Gasteiger partial charge on any atom is -0.497 e. The first-order valence-electron chi connectivity index (χ1n) is 12.6. The van der Waals surface area contributed by atoms with Crippen LogP contribution in [0.15, 0.2) is 57.5 Å². The van der Waals surface area contributed by atoms with Gasteiger partial charge in [0.25, 0.3) is 5.56 Å². The van der Waals surface area contributed by atoms with Crippen LogP contribution in [-0.2, 0) is 14.3 Å². The molecule has 0 saturated carbocycles. The molecule has 0 unspecified atom stereocenters. The van der Waals surface area contributed by atoms with E-state index >= 15 is 0 Å². The van der Waals surface area contributed by atoms with Gasteiger partial charge in [-0.05, 0) is 56.7 Å². The number of carbonyl (C=O) groups excluding carboxylic acids is 2. The highest BCUT2D eigenvalue weighted by atomic mass is 32.1. The van der Waals surface area contributed by atoms with Crippen molar-refractivity contribution < 1.29 is 33.3 Å². The summed E-state index contributed by atoms with van der Waals surface area (Å²) in [5.74, 6) is 0.606. The summed E-state index contributed by atoms with van der Waals surface area (Å²) in [4.78, 5) is 43.8. The fraction of sp³-hybridized carbons (Fsp3) is 0.310. The largest absolute Gasteiger partial charge is 0.497 e. The monoisotopic (exact) mass is 566 g/mol. The standard InChI is InChI=1S/C29H30N2O8S/c1-7-37-23-13-19(10-12-21(23)39-17(4)32)26-25(28(34)38-8-2)16(3)30-29-31(26)27(33)24(40-29)14-18-9-11-20(35-5)15-22(18)36-6/h9-15,26H,7-8H2,1-6H3/b24-14+/t26-/m1/s1. The van der Waals surface area contributed by atoms with E-state index in [2.05, 4.69) is 4.99 Å². The fourth-order valence-corrected chi connectivity index (χ4v) is 5.43. The third-order valence-corrected chi connectivity index (χ3v) is 7.06. The molecule has 0 N–H and O–H groups in total. The van der Waals surface area contributed by atoms with E-state index in [1.807, 2.05) is 0 Å². The lowest BCUT2D eigenvalue weighted by atomic mass is 9.95. The van der Waals surface area contributed by atoms with E-state index in [0.717, 1.165) is 0 Å². The fourth-order valence-electron chi connectivity index (χ4n) is 4.39. The van der Waals surface area contributed by atoms with Gasteiger partial charge in [-0.25, -0.2) is 9.79 Å².